The van der Waals surface area contributed by atoms with Gasteiger partial charge in [-0.05, 0) is 31.2 Å². The largest absolute Gasteiger partial charge is 0.373 e. The smallest absolute Gasteiger partial charge is 0.154 e. The summed E-state index contributed by atoms with van der Waals surface area (Å²) in [5.41, 5.74) is 2.76. The molecular formula is C18H17ClN6. The summed E-state index contributed by atoms with van der Waals surface area (Å²) in [4.78, 5) is 9.06. The van der Waals surface area contributed by atoms with E-state index in [-0.39, 0.29) is 6.04 Å². The van der Waals surface area contributed by atoms with Crippen LogP contribution in [0.1, 0.15) is 18.5 Å². The van der Waals surface area contributed by atoms with Crippen molar-refractivity contribution in [2.75, 3.05) is 17.7 Å². The zero-order valence-corrected chi connectivity index (χ0v) is 14.6. The Morgan fingerprint density at radius 3 is 2.88 bits per heavy atom. The second-order valence-corrected chi connectivity index (χ2v) is 6.21. The van der Waals surface area contributed by atoms with E-state index in [1.165, 1.54) is 0 Å². The highest BCUT2D eigenvalue weighted by Crippen LogP contribution is 2.31. The van der Waals surface area contributed by atoms with E-state index < -0.39 is 0 Å². The zero-order chi connectivity index (χ0) is 17.4. The molecular weight excluding hydrogens is 336 g/mol. The Kier molecular flexibility index (Phi) is 3.89. The number of para-hydroxylation sites is 1. The number of pyridine rings is 1. The van der Waals surface area contributed by atoms with Gasteiger partial charge in [-0.1, -0.05) is 23.7 Å². The van der Waals surface area contributed by atoms with Crippen molar-refractivity contribution in [2.24, 2.45) is 0 Å². The molecule has 3 heterocycles. The predicted octanol–water partition coefficient (Wildman–Crippen LogP) is 4.15. The van der Waals surface area contributed by atoms with E-state index in [0.717, 1.165) is 33.6 Å². The molecule has 0 saturated carbocycles. The Hall–Kier alpha value is -2.86. The molecule has 126 valence electrons. The van der Waals surface area contributed by atoms with Crippen molar-refractivity contribution in [1.82, 2.24) is 19.6 Å². The molecule has 0 saturated heterocycles. The van der Waals surface area contributed by atoms with Crippen molar-refractivity contribution in [3.63, 3.8) is 0 Å². The first-order valence-corrected chi connectivity index (χ1v) is 8.37. The molecule has 0 amide bonds. The van der Waals surface area contributed by atoms with Crippen molar-refractivity contribution in [3.05, 3.63) is 59.5 Å². The van der Waals surface area contributed by atoms with Crippen molar-refractivity contribution >= 4 is 39.7 Å². The molecule has 4 rings (SSSR count). The average Bonchev–Trinajstić information content (AvgIpc) is 3.11. The lowest BCUT2D eigenvalue weighted by atomic mass is 10.1. The van der Waals surface area contributed by atoms with Crippen LogP contribution in [0.4, 0.5) is 11.6 Å². The Bertz CT molecular complexity index is 1060. The summed E-state index contributed by atoms with van der Waals surface area (Å²) in [5, 5.41) is 12.5. The van der Waals surface area contributed by atoms with E-state index in [2.05, 4.69) is 38.7 Å². The minimum atomic E-state index is -0.00747. The molecule has 6 nitrogen and oxygen atoms in total. The van der Waals surface area contributed by atoms with Gasteiger partial charge in [-0.2, -0.15) is 5.10 Å². The molecule has 0 aliphatic rings. The summed E-state index contributed by atoms with van der Waals surface area (Å²) in [6, 6.07) is 11.8. The van der Waals surface area contributed by atoms with Gasteiger partial charge >= 0.3 is 0 Å². The van der Waals surface area contributed by atoms with Gasteiger partial charge in [0.2, 0.25) is 0 Å². The Morgan fingerprint density at radius 2 is 2.04 bits per heavy atom. The van der Waals surface area contributed by atoms with Crippen LogP contribution >= 0.6 is 11.6 Å². The van der Waals surface area contributed by atoms with Crippen LogP contribution in [0.15, 0.2) is 48.9 Å². The fourth-order valence-corrected chi connectivity index (χ4v) is 3.19. The van der Waals surface area contributed by atoms with Crippen LogP contribution < -0.4 is 10.6 Å². The van der Waals surface area contributed by atoms with E-state index in [1.54, 1.807) is 10.8 Å². The zero-order valence-electron chi connectivity index (χ0n) is 13.9. The molecule has 0 aliphatic heterocycles. The van der Waals surface area contributed by atoms with E-state index >= 15 is 0 Å². The molecule has 2 N–H and O–H groups in total. The molecule has 0 fully saturated rings. The second kappa shape index (κ2) is 6.22. The van der Waals surface area contributed by atoms with Gasteiger partial charge in [0.1, 0.15) is 17.7 Å². The normalized spacial score (nSPS) is 12.4. The van der Waals surface area contributed by atoms with Gasteiger partial charge in [-0.25, -0.2) is 14.5 Å². The lowest BCUT2D eigenvalue weighted by Crippen LogP contribution is -2.12. The highest BCUT2D eigenvalue weighted by molar-refractivity contribution is 6.35. The Balaban J connectivity index is 1.76. The number of fused-ring (bicyclic) bond motifs is 2. The maximum Gasteiger partial charge on any atom is 0.154 e. The minimum Gasteiger partial charge on any atom is -0.373 e. The number of hydrogen-bond donors (Lipinski definition) is 2. The number of aromatic nitrogens is 4. The number of halogens is 1. The fraction of sp³-hybridized carbons (Fsp3) is 0.167. The Morgan fingerprint density at radius 1 is 1.16 bits per heavy atom. The number of rotatable bonds is 4. The molecule has 7 heteroatoms. The van der Waals surface area contributed by atoms with Crippen LogP contribution in [0.5, 0.6) is 0 Å². The summed E-state index contributed by atoms with van der Waals surface area (Å²) in [6.07, 6.45) is 3.44. The summed E-state index contributed by atoms with van der Waals surface area (Å²) in [5.74, 6) is 1.57. The number of anilines is 2. The van der Waals surface area contributed by atoms with Gasteiger partial charge < -0.3 is 10.6 Å². The first-order chi connectivity index (χ1) is 12.2. The molecule has 0 aliphatic carbocycles. The first kappa shape index (κ1) is 15.7. The monoisotopic (exact) mass is 352 g/mol. The van der Waals surface area contributed by atoms with Crippen molar-refractivity contribution in [3.8, 4) is 0 Å². The third kappa shape index (κ3) is 2.74. The van der Waals surface area contributed by atoms with Gasteiger partial charge in [0.15, 0.2) is 5.82 Å². The summed E-state index contributed by atoms with van der Waals surface area (Å²) in [6.45, 7) is 2.08. The van der Waals surface area contributed by atoms with Crippen molar-refractivity contribution in [2.45, 2.75) is 13.0 Å². The van der Waals surface area contributed by atoms with Crippen LogP contribution in [0.2, 0.25) is 5.02 Å². The van der Waals surface area contributed by atoms with Crippen LogP contribution in [-0.4, -0.2) is 26.6 Å². The summed E-state index contributed by atoms with van der Waals surface area (Å²) < 4.78 is 1.79. The van der Waals surface area contributed by atoms with Crippen LogP contribution in [0.3, 0.4) is 0 Å². The fourth-order valence-electron chi connectivity index (χ4n) is 2.97. The van der Waals surface area contributed by atoms with Crippen LogP contribution in [-0.2, 0) is 0 Å². The highest BCUT2D eigenvalue weighted by Gasteiger charge is 2.15. The second-order valence-electron chi connectivity index (χ2n) is 5.80. The third-order valence-corrected chi connectivity index (χ3v) is 4.52. The average molecular weight is 353 g/mol. The molecule has 4 aromatic rings. The van der Waals surface area contributed by atoms with E-state index in [4.69, 9.17) is 11.6 Å². The van der Waals surface area contributed by atoms with Gasteiger partial charge in [0.25, 0.3) is 0 Å². The molecule has 3 aromatic heterocycles. The lowest BCUT2D eigenvalue weighted by Gasteiger charge is -2.19. The van der Waals surface area contributed by atoms with Crippen molar-refractivity contribution in [1.29, 1.82) is 0 Å². The van der Waals surface area contributed by atoms with Crippen LogP contribution in [0, 0.1) is 0 Å². The van der Waals surface area contributed by atoms with Gasteiger partial charge in [0.05, 0.1) is 16.6 Å². The quantitative estimate of drug-likeness (QED) is 0.577. The van der Waals surface area contributed by atoms with Gasteiger partial charge in [-0.15, -0.1) is 0 Å². The Labute approximate surface area is 149 Å². The topological polar surface area (TPSA) is 67.1 Å². The number of benzene rings is 1. The number of nitrogens with zero attached hydrogens (tertiary/aromatic N) is 4. The molecule has 0 radical (unpaired) electrons. The number of hydrogen-bond acceptors (Lipinski definition) is 5. The molecule has 0 unspecified atom stereocenters. The van der Waals surface area contributed by atoms with E-state index in [9.17, 15) is 0 Å². The molecule has 25 heavy (non-hydrogen) atoms. The number of nitrogens with one attached hydrogen (secondary N) is 2. The maximum atomic E-state index is 6.27. The first-order valence-electron chi connectivity index (χ1n) is 7.99. The standard InChI is InChI=1S/C18H17ClN6/c1-11(23-18-15-7-4-8-25(15)22-10-21-18)13-9-12-5-3-6-14(19)16(12)24-17(13)20-2/h3-11H,1-2H3,(H,20,24)(H,21,22,23)/t11-/m0/s1. The summed E-state index contributed by atoms with van der Waals surface area (Å²) >= 11 is 6.27. The molecule has 0 spiro atoms. The summed E-state index contributed by atoms with van der Waals surface area (Å²) in [7, 11) is 1.86. The third-order valence-electron chi connectivity index (χ3n) is 4.22. The van der Waals surface area contributed by atoms with E-state index in [1.807, 2.05) is 43.6 Å². The maximum absolute atomic E-state index is 6.27. The van der Waals surface area contributed by atoms with Crippen LogP contribution in [0.25, 0.3) is 16.4 Å². The van der Waals surface area contributed by atoms with E-state index in [0.29, 0.717) is 5.02 Å². The SMILES string of the molecule is CNc1nc2c(Cl)cccc2cc1[C@H](C)Nc1ncnn2cccc12. The van der Waals surface area contributed by atoms with Gasteiger partial charge in [0, 0.05) is 24.2 Å². The van der Waals surface area contributed by atoms with Crippen molar-refractivity contribution < 1.29 is 0 Å². The minimum absolute atomic E-state index is 0.00747. The lowest BCUT2D eigenvalue weighted by molar-refractivity contribution is 0.850. The highest BCUT2D eigenvalue weighted by atomic mass is 35.5. The molecule has 1 aromatic carbocycles. The van der Waals surface area contributed by atoms with Gasteiger partial charge in [-0.3, -0.25) is 0 Å². The molecule has 0 bridgehead atoms. The molecule has 1 atom stereocenters. The predicted molar refractivity (Wildman–Crippen MR) is 101 cm³/mol.